The molecule has 2 aromatic heterocycles. The van der Waals surface area contributed by atoms with Crippen LogP contribution in [0.2, 0.25) is 5.02 Å². The zero-order valence-corrected chi connectivity index (χ0v) is 9.40. The van der Waals surface area contributed by atoms with Crippen LogP contribution in [0.3, 0.4) is 0 Å². The third-order valence-electron chi connectivity index (χ3n) is 2.55. The van der Waals surface area contributed by atoms with Crippen molar-refractivity contribution in [2.24, 2.45) is 0 Å². The van der Waals surface area contributed by atoms with Gasteiger partial charge in [-0.3, -0.25) is 9.20 Å². The van der Waals surface area contributed by atoms with Gasteiger partial charge < -0.3 is 10.1 Å². The molecule has 2 heterocycles. The van der Waals surface area contributed by atoms with Crippen molar-refractivity contribution in [3.05, 3.63) is 35.1 Å². The Hall–Kier alpha value is -2.01. The van der Waals surface area contributed by atoms with Crippen LogP contribution < -0.4 is 0 Å². The number of nitrogens with one attached hydrogen (secondary N) is 1. The molecule has 0 aliphatic rings. The van der Waals surface area contributed by atoms with Crippen molar-refractivity contribution in [2.45, 2.75) is 6.42 Å². The van der Waals surface area contributed by atoms with Gasteiger partial charge in [0, 0.05) is 16.9 Å². The topological polar surface area (TPSA) is 70.4 Å². The highest BCUT2D eigenvalue weighted by atomic mass is 35.5. The molecule has 3 aromatic rings. The summed E-state index contributed by atoms with van der Waals surface area (Å²) in [5, 5.41) is 9.34. The molecule has 0 atom stereocenters. The summed E-state index contributed by atoms with van der Waals surface area (Å²) in [6.45, 7) is 0. The van der Waals surface area contributed by atoms with Gasteiger partial charge in [0.05, 0.1) is 17.5 Å². The second-order valence-corrected chi connectivity index (χ2v) is 4.22. The monoisotopic (exact) mass is 249 g/mol. The lowest BCUT2D eigenvalue weighted by molar-refractivity contribution is -0.136. The molecule has 5 nitrogen and oxygen atoms in total. The molecular weight excluding hydrogens is 242 g/mol. The molecule has 86 valence electrons. The van der Waals surface area contributed by atoms with Crippen molar-refractivity contribution >= 4 is 34.4 Å². The van der Waals surface area contributed by atoms with E-state index in [9.17, 15) is 4.79 Å². The van der Waals surface area contributed by atoms with Crippen molar-refractivity contribution in [3.63, 3.8) is 0 Å². The Kier molecular flexibility index (Phi) is 2.09. The highest BCUT2D eigenvalue weighted by molar-refractivity contribution is 6.31. The van der Waals surface area contributed by atoms with E-state index in [4.69, 9.17) is 16.7 Å². The van der Waals surface area contributed by atoms with E-state index in [1.165, 1.54) is 0 Å². The van der Waals surface area contributed by atoms with E-state index in [0.29, 0.717) is 16.5 Å². The maximum absolute atomic E-state index is 10.6. The van der Waals surface area contributed by atoms with Crippen LogP contribution in [0.1, 0.15) is 5.69 Å². The Morgan fingerprint density at radius 3 is 3.12 bits per heavy atom. The van der Waals surface area contributed by atoms with Crippen LogP contribution in [0.25, 0.3) is 16.8 Å². The summed E-state index contributed by atoms with van der Waals surface area (Å²) in [7, 11) is 0. The summed E-state index contributed by atoms with van der Waals surface area (Å²) in [5.74, 6) is -0.250. The number of aromatic amines is 1. The molecule has 0 fully saturated rings. The van der Waals surface area contributed by atoms with Crippen LogP contribution in [0, 0.1) is 0 Å². The van der Waals surface area contributed by atoms with Crippen LogP contribution >= 0.6 is 11.6 Å². The molecule has 0 aliphatic carbocycles. The number of halogens is 1. The van der Waals surface area contributed by atoms with Crippen LogP contribution in [-0.2, 0) is 11.2 Å². The van der Waals surface area contributed by atoms with Gasteiger partial charge in [0.1, 0.15) is 0 Å². The van der Waals surface area contributed by atoms with Gasteiger partial charge in [-0.15, -0.1) is 0 Å². The quantitative estimate of drug-likeness (QED) is 0.731. The minimum atomic E-state index is -0.873. The molecule has 6 heteroatoms. The average Bonchev–Trinajstić information content (AvgIpc) is 2.72. The molecule has 0 saturated carbocycles. The molecule has 0 aliphatic heterocycles. The Balaban J connectivity index is 2.21. The third kappa shape index (κ3) is 1.64. The maximum Gasteiger partial charge on any atom is 0.309 e. The number of H-pyrrole nitrogens is 1. The fourth-order valence-electron chi connectivity index (χ4n) is 1.88. The van der Waals surface area contributed by atoms with Gasteiger partial charge in [0.25, 0.3) is 0 Å². The number of aromatic nitrogens is 3. The molecule has 0 bridgehead atoms. The van der Waals surface area contributed by atoms with E-state index in [1.807, 2.05) is 10.5 Å². The number of imidazole rings is 2. The number of fused-ring (bicyclic) bond motifs is 3. The predicted molar refractivity (Wildman–Crippen MR) is 63.4 cm³/mol. The zero-order valence-electron chi connectivity index (χ0n) is 8.64. The molecular formula is C11H8ClN3O2. The Bertz CT molecular complexity index is 729. The van der Waals surface area contributed by atoms with Crippen molar-refractivity contribution < 1.29 is 9.90 Å². The maximum atomic E-state index is 10.6. The molecule has 17 heavy (non-hydrogen) atoms. The first-order valence-electron chi connectivity index (χ1n) is 5.00. The minimum Gasteiger partial charge on any atom is -0.481 e. The number of hydrogen-bond donors (Lipinski definition) is 2. The first-order chi connectivity index (χ1) is 8.13. The smallest absolute Gasteiger partial charge is 0.309 e. The number of benzene rings is 1. The number of carboxylic acid groups (broad SMARTS) is 1. The summed E-state index contributed by atoms with van der Waals surface area (Å²) >= 11 is 5.88. The Morgan fingerprint density at radius 1 is 1.53 bits per heavy atom. The lowest BCUT2D eigenvalue weighted by Crippen LogP contribution is -1.99. The molecule has 3 rings (SSSR count). The number of nitrogens with zero attached hydrogens (tertiary/aromatic N) is 2. The number of rotatable bonds is 2. The van der Waals surface area contributed by atoms with Crippen molar-refractivity contribution in [1.29, 1.82) is 0 Å². The van der Waals surface area contributed by atoms with Gasteiger partial charge >= 0.3 is 5.97 Å². The number of carboxylic acids is 1. The summed E-state index contributed by atoms with van der Waals surface area (Å²) < 4.78 is 1.82. The summed E-state index contributed by atoms with van der Waals surface area (Å²) in [6.07, 6.45) is 1.70. The second-order valence-electron chi connectivity index (χ2n) is 3.79. The van der Waals surface area contributed by atoms with Crippen molar-refractivity contribution in [3.8, 4) is 0 Å². The lowest BCUT2D eigenvalue weighted by atomic mass is 10.3. The molecule has 0 saturated heterocycles. The van der Waals surface area contributed by atoms with E-state index in [-0.39, 0.29) is 6.42 Å². The van der Waals surface area contributed by atoms with Crippen molar-refractivity contribution in [1.82, 2.24) is 14.4 Å². The van der Waals surface area contributed by atoms with E-state index in [1.54, 1.807) is 18.3 Å². The fourth-order valence-corrected chi connectivity index (χ4v) is 2.04. The van der Waals surface area contributed by atoms with Crippen molar-refractivity contribution in [2.75, 3.05) is 0 Å². The number of carbonyl (C=O) groups is 1. The Morgan fingerprint density at radius 2 is 2.35 bits per heavy atom. The summed E-state index contributed by atoms with van der Waals surface area (Å²) in [4.78, 5) is 17.9. The number of aliphatic carboxylic acids is 1. The van der Waals surface area contributed by atoms with Crippen LogP contribution in [0.15, 0.2) is 24.4 Å². The molecule has 2 N–H and O–H groups in total. The molecule has 0 amide bonds. The molecule has 0 unspecified atom stereocenters. The zero-order chi connectivity index (χ0) is 12.0. The summed E-state index contributed by atoms with van der Waals surface area (Å²) in [6, 6.07) is 5.41. The third-order valence-corrected chi connectivity index (χ3v) is 2.79. The first kappa shape index (κ1) is 10.2. The SMILES string of the molecule is O=C(O)Cc1cn2c(nc3cc(Cl)ccc32)[nH]1. The van der Waals surface area contributed by atoms with Crippen LogP contribution in [-0.4, -0.2) is 25.4 Å². The summed E-state index contributed by atoms with van der Waals surface area (Å²) in [5.41, 5.74) is 2.31. The second kappa shape index (κ2) is 3.49. The first-order valence-corrected chi connectivity index (χ1v) is 5.38. The largest absolute Gasteiger partial charge is 0.481 e. The van der Waals surface area contributed by atoms with E-state index in [0.717, 1.165) is 11.0 Å². The highest BCUT2D eigenvalue weighted by Crippen LogP contribution is 2.20. The lowest BCUT2D eigenvalue weighted by Gasteiger charge is -1.91. The molecule has 0 spiro atoms. The van der Waals surface area contributed by atoms with E-state index in [2.05, 4.69) is 9.97 Å². The number of hydrogen-bond acceptors (Lipinski definition) is 2. The van der Waals surface area contributed by atoms with E-state index >= 15 is 0 Å². The highest BCUT2D eigenvalue weighted by Gasteiger charge is 2.10. The minimum absolute atomic E-state index is 0.0432. The van der Waals surface area contributed by atoms with Gasteiger partial charge in [-0.2, -0.15) is 0 Å². The molecule has 1 aromatic carbocycles. The van der Waals surface area contributed by atoms with Gasteiger partial charge in [-0.05, 0) is 18.2 Å². The average molecular weight is 250 g/mol. The van der Waals surface area contributed by atoms with Crippen LogP contribution in [0.4, 0.5) is 0 Å². The Labute approximate surface area is 101 Å². The molecule has 0 radical (unpaired) electrons. The van der Waals surface area contributed by atoms with E-state index < -0.39 is 5.97 Å². The normalized spacial score (nSPS) is 11.4. The van der Waals surface area contributed by atoms with Gasteiger partial charge in [0.15, 0.2) is 0 Å². The van der Waals surface area contributed by atoms with Gasteiger partial charge in [0.2, 0.25) is 5.78 Å². The standard InChI is InChI=1S/C11H8ClN3O2/c12-6-1-2-9-8(3-6)14-11-13-7(4-10(16)17)5-15(9)11/h1-3,5H,4H2,(H,13,14)(H,16,17). The van der Waals surface area contributed by atoms with Gasteiger partial charge in [-0.1, -0.05) is 11.6 Å². The fraction of sp³-hybridized carbons (Fsp3) is 0.0909. The van der Waals surface area contributed by atoms with Gasteiger partial charge in [-0.25, -0.2) is 4.98 Å². The van der Waals surface area contributed by atoms with Crippen LogP contribution in [0.5, 0.6) is 0 Å². The predicted octanol–water partition coefficient (Wildman–Crippen LogP) is 2.10.